The number of thioether (sulfide) groups is 1. The molecule has 1 aromatic carbocycles. The molecule has 1 heterocycles. The molecule has 18 heavy (non-hydrogen) atoms. The Balaban J connectivity index is 1.93. The van der Waals surface area contributed by atoms with Gasteiger partial charge in [0.25, 0.3) is 0 Å². The molecule has 0 radical (unpaired) electrons. The van der Waals surface area contributed by atoms with Crippen molar-refractivity contribution in [1.82, 2.24) is 4.98 Å². The number of fused-ring (bicyclic) bond motifs is 1. The summed E-state index contributed by atoms with van der Waals surface area (Å²) in [5.74, 6) is 0.411. The molecule has 1 fully saturated rings. The van der Waals surface area contributed by atoms with E-state index in [-0.39, 0.29) is 4.75 Å². The van der Waals surface area contributed by atoms with Crippen molar-refractivity contribution < 1.29 is 4.79 Å². The van der Waals surface area contributed by atoms with Crippen LogP contribution >= 0.6 is 23.1 Å². The predicted molar refractivity (Wildman–Crippen MR) is 77.4 cm³/mol. The molecule has 0 aliphatic heterocycles. The fraction of sp³-hybridized carbons (Fsp3) is 0.429. The molecule has 2 nitrogen and oxygen atoms in total. The van der Waals surface area contributed by atoms with Gasteiger partial charge < -0.3 is 0 Å². The number of Topliss-reactive ketones (excluding diaryl/α,β-unsaturated/α-hetero) is 1. The maximum absolute atomic E-state index is 12.1. The number of carbonyl (C=O) groups excluding carboxylic acids is 1. The van der Waals surface area contributed by atoms with Crippen LogP contribution in [0.2, 0.25) is 0 Å². The molecule has 1 atom stereocenters. The quantitative estimate of drug-likeness (QED) is 0.838. The van der Waals surface area contributed by atoms with E-state index in [4.69, 9.17) is 0 Å². The van der Waals surface area contributed by atoms with Crippen molar-refractivity contribution in [2.24, 2.45) is 0 Å². The lowest BCUT2D eigenvalue weighted by Crippen LogP contribution is -2.28. The second-order valence-corrected chi connectivity index (χ2v) is 7.34. The Morgan fingerprint density at radius 2 is 2.28 bits per heavy atom. The lowest BCUT2D eigenvalue weighted by molar-refractivity contribution is -0.119. The number of benzene rings is 1. The Kier molecular flexibility index (Phi) is 3.16. The van der Waals surface area contributed by atoms with Gasteiger partial charge in [-0.15, -0.1) is 11.3 Å². The second-order valence-electron chi connectivity index (χ2n) is 4.67. The van der Waals surface area contributed by atoms with Gasteiger partial charge in [-0.2, -0.15) is 0 Å². The van der Waals surface area contributed by atoms with E-state index in [2.05, 4.69) is 18.0 Å². The minimum absolute atomic E-state index is 0.201. The van der Waals surface area contributed by atoms with Gasteiger partial charge in [-0.25, -0.2) is 4.98 Å². The van der Waals surface area contributed by atoms with E-state index >= 15 is 0 Å². The number of para-hydroxylation sites is 1. The summed E-state index contributed by atoms with van der Waals surface area (Å²) in [7, 11) is 0. The number of thiazole rings is 1. The number of aromatic nitrogens is 1. The van der Waals surface area contributed by atoms with Crippen LogP contribution in [0, 0.1) is 0 Å². The summed E-state index contributed by atoms with van der Waals surface area (Å²) in [6.07, 6.45) is 3.69. The van der Waals surface area contributed by atoms with Gasteiger partial charge in [-0.1, -0.05) is 30.8 Å². The van der Waals surface area contributed by atoms with E-state index in [0.29, 0.717) is 5.78 Å². The van der Waals surface area contributed by atoms with Gasteiger partial charge in [0, 0.05) is 6.42 Å². The molecular formula is C14H15NOS2. The molecule has 3 rings (SSSR count). The van der Waals surface area contributed by atoms with Gasteiger partial charge >= 0.3 is 0 Å². The molecule has 1 aromatic heterocycles. The molecular weight excluding hydrogens is 262 g/mol. The van der Waals surface area contributed by atoms with Crippen molar-refractivity contribution in [3.63, 3.8) is 0 Å². The zero-order valence-corrected chi connectivity index (χ0v) is 11.9. The second kappa shape index (κ2) is 4.67. The minimum Gasteiger partial charge on any atom is -0.298 e. The molecule has 1 aliphatic rings. The van der Waals surface area contributed by atoms with Crippen LogP contribution in [0.15, 0.2) is 28.6 Å². The zero-order chi connectivity index (χ0) is 12.6. The van der Waals surface area contributed by atoms with E-state index in [1.807, 2.05) is 18.2 Å². The fourth-order valence-corrected chi connectivity index (χ4v) is 5.21. The van der Waals surface area contributed by atoms with Crippen LogP contribution < -0.4 is 0 Å². The summed E-state index contributed by atoms with van der Waals surface area (Å²) in [6, 6.07) is 8.16. The summed E-state index contributed by atoms with van der Waals surface area (Å²) >= 11 is 3.39. The van der Waals surface area contributed by atoms with Crippen molar-refractivity contribution in [2.75, 3.05) is 0 Å². The maximum Gasteiger partial charge on any atom is 0.152 e. The van der Waals surface area contributed by atoms with E-state index in [1.165, 1.54) is 4.70 Å². The number of hydrogen-bond donors (Lipinski definition) is 0. The molecule has 0 bridgehead atoms. The number of hydrogen-bond acceptors (Lipinski definition) is 4. The highest BCUT2D eigenvalue weighted by Gasteiger charge is 2.42. The topological polar surface area (TPSA) is 30.0 Å². The first-order valence-electron chi connectivity index (χ1n) is 6.31. The number of carbonyl (C=O) groups is 1. The Labute approximate surface area is 115 Å². The normalized spacial score (nSPS) is 23.9. The Bertz CT molecular complexity index is 559. The van der Waals surface area contributed by atoms with Crippen LogP contribution in [0.3, 0.4) is 0 Å². The Morgan fingerprint density at radius 3 is 2.94 bits per heavy atom. The molecule has 1 aliphatic carbocycles. The fourth-order valence-electron chi connectivity index (χ4n) is 2.52. The van der Waals surface area contributed by atoms with Gasteiger partial charge in [0.1, 0.15) is 5.78 Å². The minimum atomic E-state index is -0.201. The van der Waals surface area contributed by atoms with Gasteiger partial charge in [0.05, 0.1) is 15.0 Å². The summed E-state index contributed by atoms with van der Waals surface area (Å²) in [4.78, 5) is 16.7. The molecule has 1 saturated carbocycles. The van der Waals surface area contributed by atoms with Gasteiger partial charge in [0.15, 0.2) is 4.34 Å². The first kappa shape index (κ1) is 12.2. The van der Waals surface area contributed by atoms with Crippen LogP contribution in [-0.2, 0) is 4.79 Å². The molecule has 1 unspecified atom stereocenters. The first-order valence-corrected chi connectivity index (χ1v) is 7.95. The molecule has 4 heteroatoms. The number of rotatable bonds is 3. The van der Waals surface area contributed by atoms with Crippen LogP contribution in [0.1, 0.15) is 32.6 Å². The van der Waals surface area contributed by atoms with Crippen molar-refractivity contribution in [3.8, 4) is 0 Å². The van der Waals surface area contributed by atoms with E-state index in [9.17, 15) is 4.79 Å². The Morgan fingerprint density at radius 1 is 1.44 bits per heavy atom. The van der Waals surface area contributed by atoms with Crippen LogP contribution in [0.4, 0.5) is 0 Å². The molecule has 0 saturated heterocycles. The lowest BCUT2D eigenvalue weighted by atomic mass is 10.0. The lowest BCUT2D eigenvalue weighted by Gasteiger charge is -2.23. The standard InChI is InChI=1S/C14H15NOS2/c1-2-14(9-5-8-12(14)16)18-13-15-10-6-3-4-7-11(10)17-13/h3-4,6-7H,2,5,8-9H2,1H3. The van der Waals surface area contributed by atoms with Crippen molar-refractivity contribution in [1.29, 1.82) is 0 Å². The molecule has 0 spiro atoms. The predicted octanol–water partition coefficient (Wildman–Crippen LogP) is 4.29. The van der Waals surface area contributed by atoms with Gasteiger partial charge in [0.2, 0.25) is 0 Å². The van der Waals surface area contributed by atoms with Gasteiger partial charge in [-0.3, -0.25) is 4.79 Å². The summed E-state index contributed by atoms with van der Waals surface area (Å²) < 4.78 is 2.04. The molecule has 0 amide bonds. The first-order chi connectivity index (χ1) is 8.73. The average Bonchev–Trinajstić information content (AvgIpc) is 2.94. The van der Waals surface area contributed by atoms with Crippen molar-refractivity contribution >= 4 is 39.1 Å². The van der Waals surface area contributed by atoms with Crippen LogP contribution in [-0.4, -0.2) is 15.5 Å². The third-order valence-electron chi connectivity index (χ3n) is 3.62. The third kappa shape index (κ3) is 1.97. The monoisotopic (exact) mass is 277 g/mol. The highest BCUT2D eigenvalue weighted by Crippen LogP contribution is 2.46. The average molecular weight is 277 g/mol. The largest absolute Gasteiger partial charge is 0.298 e. The van der Waals surface area contributed by atoms with Crippen LogP contribution in [0.5, 0.6) is 0 Å². The molecule has 94 valence electrons. The van der Waals surface area contributed by atoms with Gasteiger partial charge in [-0.05, 0) is 31.4 Å². The summed E-state index contributed by atoms with van der Waals surface area (Å²) in [6.45, 7) is 2.11. The summed E-state index contributed by atoms with van der Waals surface area (Å²) in [5.41, 5.74) is 1.04. The highest BCUT2D eigenvalue weighted by atomic mass is 32.2. The molecule has 0 N–H and O–H groups in total. The van der Waals surface area contributed by atoms with Crippen molar-refractivity contribution in [2.45, 2.75) is 41.7 Å². The van der Waals surface area contributed by atoms with Crippen LogP contribution in [0.25, 0.3) is 10.2 Å². The molecule has 2 aromatic rings. The number of nitrogens with zero attached hydrogens (tertiary/aromatic N) is 1. The van der Waals surface area contributed by atoms with E-state index in [1.54, 1.807) is 23.1 Å². The zero-order valence-electron chi connectivity index (χ0n) is 10.3. The maximum atomic E-state index is 12.1. The van der Waals surface area contributed by atoms with E-state index < -0.39 is 0 Å². The van der Waals surface area contributed by atoms with Crippen molar-refractivity contribution in [3.05, 3.63) is 24.3 Å². The Hall–Kier alpha value is -0.870. The van der Waals surface area contributed by atoms with E-state index in [0.717, 1.165) is 35.5 Å². The smallest absolute Gasteiger partial charge is 0.152 e. The third-order valence-corrected chi connectivity index (χ3v) is 6.33. The highest BCUT2D eigenvalue weighted by molar-refractivity contribution is 8.03. The number of ketones is 1. The SMILES string of the molecule is CCC1(Sc2nc3ccccc3s2)CCCC1=O. The summed E-state index contributed by atoms with van der Waals surface area (Å²) in [5, 5.41) is 0.